The third-order valence-electron chi connectivity index (χ3n) is 5.18. The topological polar surface area (TPSA) is 89.4 Å². The van der Waals surface area contributed by atoms with Gasteiger partial charge in [-0.3, -0.25) is 10.1 Å². The van der Waals surface area contributed by atoms with Crippen LogP contribution in [0.1, 0.15) is 75.9 Å². The summed E-state index contributed by atoms with van der Waals surface area (Å²) in [6, 6.07) is 1.88. The number of aryl methyl sites for hydroxylation is 1. The fourth-order valence-electron chi connectivity index (χ4n) is 3.81. The van der Waals surface area contributed by atoms with Crippen molar-refractivity contribution in [3.8, 4) is 0 Å². The summed E-state index contributed by atoms with van der Waals surface area (Å²) in [5, 5.41) is 4.69. The van der Waals surface area contributed by atoms with Crippen LogP contribution in [0, 0.1) is 13.8 Å². The third-order valence-corrected chi connectivity index (χ3v) is 5.18. The minimum absolute atomic E-state index is 0.101. The SMILES string of the molecule is Cc1cc(/C=C/C(=O)O[C@H](C)C(=O)NC(=O)NC(C)C)c(C)n1C1CCCCC1. The summed E-state index contributed by atoms with van der Waals surface area (Å²) in [5.41, 5.74) is 3.29. The summed E-state index contributed by atoms with van der Waals surface area (Å²) in [4.78, 5) is 35.6. The number of carbonyl (C=O) groups excluding carboxylic acids is 3. The molecule has 1 aromatic rings. The minimum Gasteiger partial charge on any atom is -0.449 e. The van der Waals surface area contributed by atoms with Crippen molar-refractivity contribution in [3.63, 3.8) is 0 Å². The molecule has 1 fully saturated rings. The molecule has 0 aliphatic heterocycles. The predicted octanol–water partition coefficient (Wildman–Crippen LogP) is 3.79. The van der Waals surface area contributed by atoms with E-state index in [9.17, 15) is 14.4 Å². The average molecular weight is 404 g/mol. The van der Waals surface area contributed by atoms with Gasteiger partial charge in [0, 0.05) is 29.5 Å². The maximum atomic E-state index is 12.1. The number of urea groups is 1. The zero-order chi connectivity index (χ0) is 21.6. The molecule has 1 aromatic heterocycles. The van der Waals surface area contributed by atoms with Crippen LogP contribution >= 0.6 is 0 Å². The van der Waals surface area contributed by atoms with Crippen LogP contribution < -0.4 is 10.6 Å². The minimum atomic E-state index is -1.07. The van der Waals surface area contributed by atoms with E-state index in [1.54, 1.807) is 19.9 Å². The van der Waals surface area contributed by atoms with Crippen molar-refractivity contribution in [2.24, 2.45) is 0 Å². The monoisotopic (exact) mass is 403 g/mol. The van der Waals surface area contributed by atoms with Gasteiger partial charge in [0.25, 0.3) is 5.91 Å². The molecule has 0 unspecified atom stereocenters. The molecule has 1 saturated carbocycles. The van der Waals surface area contributed by atoms with Crippen molar-refractivity contribution in [3.05, 3.63) is 29.1 Å². The molecule has 3 amide bonds. The Morgan fingerprint density at radius 2 is 1.79 bits per heavy atom. The Balaban J connectivity index is 1.95. The van der Waals surface area contributed by atoms with Crippen molar-refractivity contribution in [1.82, 2.24) is 15.2 Å². The normalized spacial score (nSPS) is 16.1. The number of carbonyl (C=O) groups is 3. The lowest BCUT2D eigenvalue weighted by Gasteiger charge is -2.26. The number of imide groups is 1. The van der Waals surface area contributed by atoms with Crippen molar-refractivity contribution >= 4 is 24.0 Å². The first-order valence-corrected chi connectivity index (χ1v) is 10.4. The van der Waals surface area contributed by atoms with Gasteiger partial charge in [-0.05, 0) is 65.2 Å². The summed E-state index contributed by atoms with van der Waals surface area (Å²) in [7, 11) is 0. The van der Waals surface area contributed by atoms with Gasteiger partial charge in [0.2, 0.25) is 0 Å². The van der Waals surface area contributed by atoms with Crippen LogP contribution in [-0.2, 0) is 14.3 Å². The van der Waals surface area contributed by atoms with Gasteiger partial charge in [-0.15, -0.1) is 0 Å². The van der Waals surface area contributed by atoms with Crippen molar-refractivity contribution in [2.45, 2.75) is 84.9 Å². The Labute approximate surface area is 172 Å². The van der Waals surface area contributed by atoms with Gasteiger partial charge in [-0.2, -0.15) is 0 Å². The standard InChI is InChI=1S/C22H33N3O4/c1-14(2)23-22(28)24-21(27)17(5)29-20(26)12-11-18-13-15(3)25(16(18)4)19-9-7-6-8-10-19/h11-14,17,19H,6-10H2,1-5H3,(H2,23,24,27,28)/b12-11+/t17-/m1/s1. The highest BCUT2D eigenvalue weighted by molar-refractivity contribution is 5.98. The van der Waals surface area contributed by atoms with E-state index in [0.717, 1.165) is 11.3 Å². The molecular formula is C22H33N3O4. The molecule has 29 heavy (non-hydrogen) atoms. The third kappa shape index (κ3) is 6.48. The molecule has 0 bridgehead atoms. The van der Waals surface area contributed by atoms with E-state index in [4.69, 9.17) is 4.74 Å². The molecular weight excluding hydrogens is 370 g/mol. The van der Waals surface area contributed by atoms with Gasteiger partial charge in [0.05, 0.1) is 0 Å². The number of aromatic nitrogens is 1. The van der Waals surface area contributed by atoms with Crippen LogP contribution in [0.25, 0.3) is 6.08 Å². The molecule has 160 valence electrons. The summed E-state index contributed by atoms with van der Waals surface area (Å²) in [6.45, 7) is 9.15. The van der Waals surface area contributed by atoms with E-state index >= 15 is 0 Å². The number of esters is 1. The largest absolute Gasteiger partial charge is 0.449 e. The average Bonchev–Trinajstić information content (AvgIpc) is 2.93. The Hall–Kier alpha value is -2.57. The first-order chi connectivity index (χ1) is 13.7. The lowest BCUT2D eigenvalue weighted by Crippen LogP contribution is -2.46. The summed E-state index contributed by atoms with van der Waals surface area (Å²) in [5.74, 6) is -1.29. The predicted molar refractivity (Wildman–Crippen MR) is 112 cm³/mol. The summed E-state index contributed by atoms with van der Waals surface area (Å²) < 4.78 is 7.48. The molecule has 1 atom stereocenters. The Bertz CT molecular complexity index is 773. The van der Waals surface area contributed by atoms with Gasteiger partial charge < -0.3 is 14.6 Å². The van der Waals surface area contributed by atoms with Crippen LogP contribution in [0.15, 0.2) is 12.1 Å². The van der Waals surface area contributed by atoms with Gasteiger partial charge in [0.1, 0.15) is 0 Å². The first-order valence-electron chi connectivity index (χ1n) is 10.4. The molecule has 0 spiro atoms. The molecule has 0 aromatic carbocycles. The Morgan fingerprint density at radius 1 is 1.14 bits per heavy atom. The quantitative estimate of drug-likeness (QED) is 0.559. The van der Waals surface area contributed by atoms with Gasteiger partial charge in [-0.1, -0.05) is 19.3 Å². The highest BCUT2D eigenvalue weighted by Gasteiger charge is 2.21. The van der Waals surface area contributed by atoms with Crippen LogP contribution in [-0.4, -0.2) is 34.6 Å². The number of rotatable bonds is 6. The van der Waals surface area contributed by atoms with Gasteiger partial charge in [-0.25, -0.2) is 9.59 Å². The fraction of sp³-hybridized carbons (Fsp3) is 0.591. The number of nitrogens with zero attached hydrogens (tertiary/aromatic N) is 1. The molecule has 0 saturated heterocycles. The lowest BCUT2D eigenvalue weighted by atomic mass is 9.95. The van der Waals surface area contributed by atoms with E-state index in [-0.39, 0.29) is 6.04 Å². The highest BCUT2D eigenvalue weighted by atomic mass is 16.5. The van der Waals surface area contributed by atoms with Gasteiger partial charge in [0.15, 0.2) is 6.10 Å². The number of amides is 3. The maximum absolute atomic E-state index is 12.1. The number of nitrogens with one attached hydrogen (secondary N) is 2. The fourth-order valence-corrected chi connectivity index (χ4v) is 3.81. The number of hydrogen-bond acceptors (Lipinski definition) is 4. The second-order valence-corrected chi connectivity index (χ2v) is 8.02. The van der Waals surface area contributed by atoms with Crippen LogP contribution in [0.5, 0.6) is 0 Å². The maximum Gasteiger partial charge on any atom is 0.331 e. The van der Waals surface area contributed by atoms with Crippen LogP contribution in [0.2, 0.25) is 0 Å². The highest BCUT2D eigenvalue weighted by Crippen LogP contribution is 2.32. The van der Waals surface area contributed by atoms with Crippen molar-refractivity contribution in [1.29, 1.82) is 0 Å². The molecule has 1 heterocycles. The van der Waals surface area contributed by atoms with E-state index in [1.165, 1.54) is 50.8 Å². The molecule has 7 nitrogen and oxygen atoms in total. The second kappa shape index (κ2) is 10.3. The zero-order valence-corrected chi connectivity index (χ0v) is 18.1. The van der Waals surface area contributed by atoms with E-state index in [2.05, 4.69) is 35.1 Å². The molecule has 2 rings (SSSR count). The van der Waals surface area contributed by atoms with E-state index in [0.29, 0.717) is 6.04 Å². The smallest absolute Gasteiger partial charge is 0.331 e. The van der Waals surface area contributed by atoms with Crippen molar-refractivity contribution in [2.75, 3.05) is 0 Å². The number of ether oxygens (including phenoxy) is 1. The number of hydrogen-bond donors (Lipinski definition) is 2. The lowest BCUT2D eigenvalue weighted by molar-refractivity contribution is -0.149. The zero-order valence-electron chi connectivity index (χ0n) is 18.1. The Kier molecular flexibility index (Phi) is 8.05. The Morgan fingerprint density at radius 3 is 2.41 bits per heavy atom. The first kappa shape index (κ1) is 22.7. The summed E-state index contributed by atoms with van der Waals surface area (Å²) in [6.07, 6.45) is 8.18. The molecule has 1 aliphatic rings. The van der Waals surface area contributed by atoms with Crippen LogP contribution in [0.3, 0.4) is 0 Å². The van der Waals surface area contributed by atoms with E-state index < -0.39 is 24.0 Å². The molecule has 0 radical (unpaired) electrons. The second-order valence-electron chi connectivity index (χ2n) is 8.02. The van der Waals surface area contributed by atoms with E-state index in [1.807, 2.05) is 0 Å². The molecule has 7 heteroatoms. The van der Waals surface area contributed by atoms with Crippen molar-refractivity contribution < 1.29 is 19.1 Å². The van der Waals surface area contributed by atoms with Crippen LogP contribution in [0.4, 0.5) is 4.79 Å². The van der Waals surface area contributed by atoms with Gasteiger partial charge >= 0.3 is 12.0 Å². The summed E-state index contributed by atoms with van der Waals surface area (Å²) >= 11 is 0. The molecule has 2 N–H and O–H groups in total. The molecule has 1 aliphatic carbocycles.